The van der Waals surface area contributed by atoms with Crippen LogP contribution in [-0.4, -0.2) is 12.5 Å². The maximum atomic E-state index is 11.6. The highest BCUT2D eigenvalue weighted by atomic mass is 16.1. The van der Waals surface area contributed by atoms with Gasteiger partial charge in [-0.2, -0.15) is 0 Å². The van der Waals surface area contributed by atoms with E-state index in [4.69, 9.17) is 5.73 Å². The number of carbonyl (C=O) groups is 1. The van der Waals surface area contributed by atoms with Gasteiger partial charge in [-0.25, -0.2) is 0 Å². The Morgan fingerprint density at radius 2 is 2.13 bits per heavy atom. The summed E-state index contributed by atoms with van der Waals surface area (Å²) in [5.74, 6) is 0.291. The molecule has 3 heteroatoms. The van der Waals surface area contributed by atoms with Crippen LogP contribution in [0.4, 0.5) is 5.69 Å². The molecule has 1 aromatic rings. The molecule has 1 amide bonds. The van der Waals surface area contributed by atoms with Crippen molar-refractivity contribution in [3.05, 3.63) is 29.3 Å². The molecular weight excluding hydrogens is 188 g/mol. The van der Waals surface area contributed by atoms with E-state index in [1.807, 2.05) is 13.0 Å². The number of nitrogen functional groups attached to an aromatic ring is 1. The summed E-state index contributed by atoms with van der Waals surface area (Å²) in [6, 6.07) is 5.41. The van der Waals surface area contributed by atoms with Crippen molar-refractivity contribution in [2.45, 2.75) is 26.7 Å². The Hall–Kier alpha value is -1.51. The molecule has 0 aromatic heterocycles. The van der Waals surface area contributed by atoms with Crippen molar-refractivity contribution >= 4 is 11.6 Å². The Labute approximate surface area is 90.7 Å². The average Bonchev–Trinajstić information content (AvgIpc) is 2.18. The quantitative estimate of drug-likeness (QED) is 0.744. The molecule has 3 nitrogen and oxygen atoms in total. The molecule has 1 rings (SSSR count). The van der Waals surface area contributed by atoms with Crippen LogP contribution >= 0.6 is 0 Å². The molecule has 0 aliphatic carbocycles. The third-order valence-electron chi connectivity index (χ3n) is 2.31. The van der Waals surface area contributed by atoms with Gasteiger partial charge in [0.05, 0.1) is 0 Å². The predicted molar refractivity (Wildman–Crippen MR) is 63.0 cm³/mol. The zero-order valence-corrected chi connectivity index (χ0v) is 9.50. The number of nitrogens with two attached hydrogens (primary N) is 1. The highest BCUT2D eigenvalue weighted by Crippen LogP contribution is 2.22. The number of hydrogen-bond donors (Lipinski definition) is 2. The van der Waals surface area contributed by atoms with Crippen LogP contribution in [0.15, 0.2) is 18.2 Å². The minimum atomic E-state index is -0.0422. The molecule has 0 saturated carbocycles. The standard InChI is InChI=1S/C12H18N2O/c1-4-14-12(15)9-5-6-11(13)10(7-9)8(2)3/h5-8H,4,13H2,1-3H3,(H,14,15). The van der Waals surface area contributed by atoms with Crippen molar-refractivity contribution in [2.75, 3.05) is 12.3 Å². The van der Waals surface area contributed by atoms with Gasteiger partial charge in [0.1, 0.15) is 0 Å². The van der Waals surface area contributed by atoms with Gasteiger partial charge in [0.2, 0.25) is 0 Å². The summed E-state index contributed by atoms with van der Waals surface area (Å²) in [5.41, 5.74) is 8.28. The van der Waals surface area contributed by atoms with Crippen LogP contribution in [0.5, 0.6) is 0 Å². The molecule has 3 N–H and O–H groups in total. The number of benzene rings is 1. The van der Waals surface area contributed by atoms with Crippen LogP contribution < -0.4 is 11.1 Å². The fourth-order valence-corrected chi connectivity index (χ4v) is 1.48. The van der Waals surface area contributed by atoms with Gasteiger partial charge in [0.15, 0.2) is 0 Å². The molecule has 0 heterocycles. The fourth-order valence-electron chi connectivity index (χ4n) is 1.48. The summed E-state index contributed by atoms with van der Waals surface area (Å²) in [6.45, 7) is 6.67. The van der Waals surface area contributed by atoms with Gasteiger partial charge in [-0.15, -0.1) is 0 Å². The second kappa shape index (κ2) is 4.82. The van der Waals surface area contributed by atoms with E-state index in [0.29, 0.717) is 18.0 Å². The minimum absolute atomic E-state index is 0.0422. The second-order valence-electron chi connectivity index (χ2n) is 3.86. The Kier molecular flexibility index (Phi) is 3.72. The van der Waals surface area contributed by atoms with Crippen LogP contribution in [0.1, 0.15) is 42.6 Å². The van der Waals surface area contributed by atoms with E-state index in [0.717, 1.165) is 11.3 Å². The maximum absolute atomic E-state index is 11.6. The summed E-state index contributed by atoms with van der Waals surface area (Å²) >= 11 is 0. The topological polar surface area (TPSA) is 55.1 Å². The normalized spacial score (nSPS) is 10.4. The lowest BCUT2D eigenvalue weighted by Gasteiger charge is -2.11. The molecule has 0 radical (unpaired) electrons. The zero-order valence-electron chi connectivity index (χ0n) is 9.50. The van der Waals surface area contributed by atoms with Crippen molar-refractivity contribution in [1.29, 1.82) is 0 Å². The van der Waals surface area contributed by atoms with Crippen molar-refractivity contribution in [3.8, 4) is 0 Å². The first-order valence-corrected chi connectivity index (χ1v) is 5.23. The van der Waals surface area contributed by atoms with Crippen molar-refractivity contribution in [2.24, 2.45) is 0 Å². The molecule has 0 unspecified atom stereocenters. The second-order valence-corrected chi connectivity index (χ2v) is 3.86. The van der Waals surface area contributed by atoms with Crippen LogP contribution in [0.25, 0.3) is 0 Å². The molecule has 0 saturated heterocycles. The third-order valence-corrected chi connectivity index (χ3v) is 2.31. The Morgan fingerprint density at radius 3 is 2.67 bits per heavy atom. The lowest BCUT2D eigenvalue weighted by atomic mass is 9.98. The summed E-state index contributed by atoms with van der Waals surface area (Å²) in [5, 5.41) is 2.77. The van der Waals surface area contributed by atoms with E-state index in [2.05, 4.69) is 19.2 Å². The Bertz CT molecular complexity index is 359. The monoisotopic (exact) mass is 206 g/mol. The van der Waals surface area contributed by atoms with E-state index in [1.54, 1.807) is 12.1 Å². The molecule has 0 atom stereocenters. The van der Waals surface area contributed by atoms with Gasteiger partial charge < -0.3 is 11.1 Å². The van der Waals surface area contributed by atoms with E-state index in [-0.39, 0.29) is 5.91 Å². The number of anilines is 1. The Balaban J connectivity index is 3.02. The maximum Gasteiger partial charge on any atom is 0.251 e. The first-order chi connectivity index (χ1) is 7.06. The van der Waals surface area contributed by atoms with Crippen LogP contribution in [0, 0.1) is 0 Å². The molecule has 0 bridgehead atoms. The molecule has 0 aliphatic rings. The number of nitrogens with one attached hydrogen (secondary N) is 1. The summed E-state index contributed by atoms with van der Waals surface area (Å²) < 4.78 is 0. The first-order valence-electron chi connectivity index (χ1n) is 5.23. The van der Waals surface area contributed by atoms with E-state index in [1.165, 1.54) is 0 Å². The predicted octanol–water partition coefficient (Wildman–Crippen LogP) is 2.14. The fraction of sp³-hybridized carbons (Fsp3) is 0.417. The number of carbonyl (C=O) groups excluding carboxylic acids is 1. The SMILES string of the molecule is CCNC(=O)c1ccc(N)c(C(C)C)c1. The van der Waals surface area contributed by atoms with Crippen molar-refractivity contribution in [1.82, 2.24) is 5.32 Å². The molecule has 1 aromatic carbocycles. The largest absolute Gasteiger partial charge is 0.398 e. The molecule has 15 heavy (non-hydrogen) atoms. The molecule has 82 valence electrons. The Morgan fingerprint density at radius 1 is 1.47 bits per heavy atom. The van der Waals surface area contributed by atoms with Gasteiger partial charge in [-0.1, -0.05) is 13.8 Å². The lowest BCUT2D eigenvalue weighted by molar-refractivity contribution is 0.0956. The molecule has 0 spiro atoms. The third kappa shape index (κ3) is 2.72. The van der Waals surface area contributed by atoms with E-state index >= 15 is 0 Å². The number of hydrogen-bond acceptors (Lipinski definition) is 2. The minimum Gasteiger partial charge on any atom is -0.398 e. The average molecular weight is 206 g/mol. The van der Waals surface area contributed by atoms with Crippen molar-refractivity contribution < 1.29 is 4.79 Å². The van der Waals surface area contributed by atoms with Crippen LogP contribution in [-0.2, 0) is 0 Å². The molecule has 0 fully saturated rings. The van der Waals surface area contributed by atoms with Crippen molar-refractivity contribution in [3.63, 3.8) is 0 Å². The zero-order chi connectivity index (χ0) is 11.4. The van der Waals surface area contributed by atoms with Gasteiger partial charge in [-0.3, -0.25) is 4.79 Å². The first kappa shape index (κ1) is 11.6. The number of amides is 1. The van der Waals surface area contributed by atoms with Gasteiger partial charge in [0, 0.05) is 17.8 Å². The van der Waals surface area contributed by atoms with Crippen LogP contribution in [0.3, 0.4) is 0 Å². The van der Waals surface area contributed by atoms with E-state index < -0.39 is 0 Å². The highest BCUT2D eigenvalue weighted by Gasteiger charge is 2.09. The number of rotatable bonds is 3. The summed E-state index contributed by atoms with van der Waals surface area (Å²) in [7, 11) is 0. The van der Waals surface area contributed by atoms with E-state index in [9.17, 15) is 4.79 Å². The van der Waals surface area contributed by atoms with Crippen LogP contribution in [0.2, 0.25) is 0 Å². The highest BCUT2D eigenvalue weighted by molar-refractivity contribution is 5.94. The smallest absolute Gasteiger partial charge is 0.251 e. The van der Waals surface area contributed by atoms with Gasteiger partial charge >= 0.3 is 0 Å². The summed E-state index contributed by atoms with van der Waals surface area (Å²) in [4.78, 5) is 11.6. The molecular formula is C12H18N2O. The summed E-state index contributed by atoms with van der Waals surface area (Å²) in [6.07, 6.45) is 0. The van der Waals surface area contributed by atoms with Gasteiger partial charge in [0.25, 0.3) is 5.91 Å². The van der Waals surface area contributed by atoms with Gasteiger partial charge in [-0.05, 0) is 36.6 Å². The molecule has 0 aliphatic heterocycles. The lowest BCUT2D eigenvalue weighted by Crippen LogP contribution is -2.22.